The number of hydrogen-bond acceptors (Lipinski definition) is 5. The fourth-order valence-electron chi connectivity index (χ4n) is 5.00. The molecule has 0 N–H and O–H groups in total. The van der Waals surface area contributed by atoms with Crippen LogP contribution < -0.4 is 4.74 Å². The Bertz CT molecular complexity index is 1140. The van der Waals surface area contributed by atoms with Crippen LogP contribution in [0.3, 0.4) is 0 Å². The van der Waals surface area contributed by atoms with Crippen molar-refractivity contribution in [1.29, 1.82) is 0 Å². The lowest BCUT2D eigenvalue weighted by molar-refractivity contribution is -0.117. The van der Waals surface area contributed by atoms with Crippen LogP contribution >= 0.6 is 0 Å². The number of rotatable bonds is 5. The second-order valence-corrected chi connectivity index (χ2v) is 9.77. The predicted molar refractivity (Wildman–Crippen MR) is 119 cm³/mol. The Labute approximate surface area is 187 Å². The number of nitrogens with zero attached hydrogens (tertiary/aromatic N) is 5. The number of ether oxygens (including phenoxy) is 1. The molecule has 8 heteroatoms. The molecule has 0 unspecified atom stereocenters. The molecule has 0 radical (unpaired) electrons. The Morgan fingerprint density at radius 2 is 2.03 bits per heavy atom. The Hall–Kier alpha value is -2.77. The van der Waals surface area contributed by atoms with Gasteiger partial charge in [0.15, 0.2) is 0 Å². The third kappa shape index (κ3) is 4.14. The van der Waals surface area contributed by atoms with Gasteiger partial charge in [-0.05, 0) is 52.0 Å². The topological polar surface area (TPSA) is 74.8 Å². The number of halogens is 1. The summed E-state index contributed by atoms with van der Waals surface area (Å²) in [5.74, 6) is 1.06. The molecule has 7 nitrogen and oxygen atoms in total. The van der Waals surface area contributed by atoms with E-state index in [9.17, 15) is 9.18 Å². The van der Waals surface area contributed by atoms with E-state index in [-0.39, 0.29) is 18.1 Å². The van der Waals surface area contributed by atoms with Crippen molar-refractivity contribution >= 4 is 16.7 Å². The zero-order valence-corrected chi connectivity index (χ0v) is 18.9. The molecule has 0 aliphatic heterocycles. The lowest BCUT2D eigenvalue weighted by Gasteiger charge is -2.31. The second kappa shape index (κ2) is 7.98. The van der Waals surface area contributed by atoms with Gasteiger partial charge in [-0.15, -0.1) is 0 Å². The predicted octanol–water partition coefficient (Wildman–Crippen LogP) is 4.81. The summed E-state index contributed by atoms with van der Waals surface area (Å²) < 4.78 is 24.2. The average molecular weight is 440 g/mol. The molecular weight excluding hydrogens is 409 g/mol. The summed E-state index contributed by atoms with van der Waals surface area (Å²) in [7, 11) is 1.88. The van der Waals surface area contributed by atoms with Crippen LogP contribution in [0.5, 0.6) is 5.88 Å². The van der Waals surface area contributed by atoms with E-state index >= 15 is 0 Å². The summed E-state index contributed by atoms with van der Waals surface area (Å²) in [6.45, 7) is 3.70. The fraction of sp³-hybridized carbons (Fsp3) is 0.583. The van der Waals surface area contributed by atoms with Crippen molar-refractivity contribution in [3.05, 3.63) is 24.7 Å². The molecule has 0 amide bonds. The maximum Gasteiger partial charge on any atom is 0.225 e. The van der Waals surface area contributed by atoms with E-state index in [0.29, 0.717) is 37.3 Å². The lowest BCUT2D eigenvalue weighted by atomic mass is 9.85. The molecular formula is C24H30FN5O2. The Morgan fingerprint density at radius 1 is 1.25 bits per heavy atom. The number of aromatic nitrogens is 5. The van der Waals surface area contributed by atoms with Gasteiger partial charge in [-0.2, -0.15) is 10.2 Å². The molecule has 0 aromatic carbocycles. The summed E-state index contributed by atoms with van der Waals surface area (Å²) >= 11 is 0. The van der Waals surface area contributed by atoms with Crippen molar-refractivity contribution in [1.82, 2.24) is 24.5 Å². The SMILES string of the molecule is C[C@@H](Oc1nc(-c2cnn(C3CCC(C)(F)CC3)c2)cc2nn(C)cc12)[C@H]1CCC(=O)C1. The summed E-state index contributed by atoms with van der Waals surface area (Å²) in [6, 6.07) is 2.16. The quantitative estimate of drug-likeness (QED) is 0.570. The lowest BCUT2D eigenvalue weighted by Crippen LogP contribution is -2.27. The number of ketones is 1. The van der Waals surface area contributed by atoms with E-state index in [0.717, 1.165) is 41.4 Å². The number of aryl methyl sites for hydroxylation is 1. The molecule has 32 heavy (non-hydrogen) atoms. The first-order chi connectivity index (χ1) is 15.3. The van der Waals surface area contributed by atoms with Crippen molar-refractivity contribution in [2.45, 2.75) is 76.6 Å². The van der Waals surface area contributed by atoms with Crippen LogP contribution in [-0.4, -0.2) is 42.1 Å². The van der Waals surface area contributed by atoms with Gasteiger partial charge in [0.2, 0.25) is 5.88 Å². The molecule has 3 aromatic rings. The van der Waals surface area contributed by atoms with Crippen LogP contribution in [-0.2, 0) is 11.8 Å². The number of pyridine rings is 1. The van der Waals surface area contributed by atoms with Gasteiger partial charge in [0.25, 0.3) is 0 Å². The summed E-state index contributed by atoms with van der Waals surface area (Å²) in [5.41, 5.74) is 1.38. The number of carbonyl (C=O) groups excluding carboxylic acids is 1. The van der Waals surface area contributed by atoms with Gasteiger partial charge in [0.05, 0.1) is 28.8 Å². The van der Waals surface area contributed by atoms with Crippen molar-refractivity contribution < 1.29 is 13.9 Å². The molecule has 2 fully saturated rings. The number of fused-ring (bicyclic) bond motifs is 1. The normalized spacial score (nSPS) is 27.2. The molecule has 3 heterocycles. The molecule has 2 aliphatic carbocycles. The summed E-state index contributed by atoms with van der Waals surface area (Å²) in [6.07, 6.45) is 10.4. The molecule has 170 valence electrons. The zero-order chi connectivity index (χ0) is 22.5. The number of alkyl halides is 1. The minimum atomic E-state index is -1.06. The Morgan fingerprint density at radius 3 is 2.75 bits per heavy atom. The first-order valence-electron chi connectivity index (χ1n) is 11.5. The third-order valence-corrected chi connectivity index (χ3v) is 7.10. The summed E-state index contributed by atoms with van der Waals surface area (Å²) in [5, 5.41) is 9.98. The highest BCUT2D eigenvalue weighted by Crippen LogP contribution is 2.38. The van der Waals surface area contributed by atoms with Crippen molar-refractivity contribution in [2.24, 2.45) is 13.0 Å². The van der Waals surface area contributed by atoms with Gasteiger partial charge < -0.3 is 4.74 Å². The Balaban J connectivity index is 1.42. The molecule has 0 bridgehead atoms. The van der Waals surface area contributed by atoms with Crippen LogP contribution in [0, 0.1) is 5.92 Å². The van der Waals surface area contributed by atoms with E-state index in [2.05, 4.69) is 10.2 Å². The van der Waals surface area contributed by atoms with Gasteiger partial charge in [-0.25, -0.2) is 9.37 Å². The van der Waals surface area contributed by atoms with Gasteiger partial charge in [0, 0.05) is 43.8 Å². The largest absolute Gasteiger partial charge is 0.474 e. The van der Waals surface area contributed by atoms with Crippen LogP contribution in [0.2, 0.25) is 0 Å². The van der Waals surface area contributed by atoms with E-state index < -0.39 is 5.67 Å². The smallest absolute Gasteiger partial charge is 0.225 e. The Kier molecular flexibility index (Phi) is 5.26. The highest BCUT2D eigenvalue weighted by atomic mass is 19.1. The number of carbonyl (C=O) groups is 1. The average Bonchev–Trinajstić information content (AvgIpc) is 3.47. The zero-order valence-electron chi connectivity index (χ0n) is 18.9. The van der Waals surface area contributed by atoms with Gasteiger partial charge in [-0.1, -0.05) is 0 Å². The molecule has 5 rings (SSSR count). The molecule has 3 aromatic heterocycles. The molecule has 2 atom stereocenters. The van der Waals surface area contributed by atoms with Gasteiger partial charge in [-0.3, -0.25) is 14.2 Å². The number of hydrogen-bond donors (Lipinski definition) is 0. The van der Waals surface area contributed by atoms with Gasteiger partial charge in [0.1, 0.15) is 17.6 Å². The van der Waals surface area contributed by atoms with Crippen molar-refractivity contribution in [3.63, 3.8) is 0 Å². The highest BCUT2D eigenvalue weighted by Gasteiger charge is 2.32. The standard InChI is InChI=1S/C24H30FN5O2/c1-15(16-4-5-19(31)10-16)32-23-20-14-29(3)28-22(20)11-21(27-23)17-12-26-30(13-17)18-6-8-24(2,25)9-7-18/h11-16,18H,4-10H2,1-3H3/t15-,16+,18?,24?/m1/s1. The summed E-state index contributed by atoms with van der Waals surface area (Å²) in [4.78, 5) is 16.5. The second-order valence-electron chi connectivity index (χ2n) is 9.77. The van der Waals surface area contributed by atoms with Crippen LogP contribution in [0.1, 0.15) is 64.8 Å². The highest BCUT2D eigenvalue weighted by molar-refractivity contribution is 5.86. The van der Waals surface area contributed by atoms with Gasteiger partial charge >= 0.3 is 0 Å². The third-order valence-electron chi connectivity index (χ3n) is 7.10. The molecule has 0 spiro atoms. The van der Waals surface area contributed by atoms with E-state index in [1.165, 1.54) is 0 Å². The van der Waals surface area contributed by atoms with Crippen LogP contribution in [0.15, 0.2) is 24.7 Å². The first kappa shape index (κ1) is 21.1. The van der Waals surface area contributed by atoms with E-state index in [4.69, 9.17) is 9.72 Å². The minimum absolute atomic E-state index is 0.104. The van der Waals surface area contributed by atoms with Crippen LogP contribution in [0.4, 0.5) is 4.39 Å². The van der Waals surface area contributed by atoms with Crippen molar-refractivity contribution in [2.75, 3.05) is 0 Å². The maximum atomic E-state index is 14.2. The van der Waals surface area contributed by atoms with E-state index in [1.54, 1.807) is 11.6 Å². The van der Waals surface area contributed by atoms with Crippen molar-refractivity contribution in [3.8, 4) is 17.1 Å². The maximum absolute atomic E-state index is 14.2. The molecule has 2 aliphatic rings. The number of Topliss-reactive ketones (excluding diaryl/α,β-unsaturated/α-hetero) is 1. The first-order valence-corrected chi connectivity index (χ1v) is 11.5. The van der Waals surface area contributed by atoms with E-state index in [1.807, 2.05) is 43.3 Å². The fourth-order valence-corrected chi connectivity index (χ4v) is 5.00. The van der Waals surface area contributed by atoms with Crippen LogP contribution in [0.25, 0.3) is 22.2 Å². The molecule has 0 saturated heterocycles. The minimum Gasteiger partial charge on any atom is -0.474 e. The molecule has 2 saturated carbocycles. The monoisotopic (exact) mass is 439 g/mol.